The molecule has 0 saturated carbocycles. The first-order valence-corrected chi connectivity index (χ1v) is 12.5. The number of anilines is 1. The van der Waals surface area contributed by atoms with E-state index in [0.29, 0.717) is 30.2 Å². The van der Waals surface area contributed by atoms with Crippen LogP contribution in [0.5, 0.6) is 0 Å². The highest BCUT2D eigenvalue weighted by molar-refractivity contribution is 7.90. The number of hydrogen-bond acceptors (Lipinski definition) is 6. The van der Waals surface area contributed by atoms with Crippen LogP contribution in [-0.4, -0.2) is 41.7 Å². The predicted octanol–water partition coefficient (Wildman–Crippen LogP) is 3.94. The molecule has 0 aliphatic carbocycles. The summed E-state index contributed by atoms with van der Waals surface area (Å²) in [5.41, 5.74) is 2.28. The number of aromatic nitrogens is 3. The molecule has 2 aromatic heterocycles. The Morgan fingerprint density at radius 1 is 1.19 bits per heavy atom. The van der Waals surface area contributed by atoms with E-state index in [-0.39, 0.29) is 10.8 Å². The van der Waals surface area contributed by atoms with E-state index in [2.05, 4.69) is 16.0 Å². The van der Waals surface area contributed by atoms with Crippen LogP contribution in [0.25, 0.3) is 10.2 Å². The highest BCUT2D eigenvalue weighted by Crippen LogP contribution is 2.31. The summed E-state index contributed by atoms with van der Waals surface area (Å²) in [6.07, 6.45) is 7.16. The SMILES string of the molecule is Cc1ccc2nc(N(CCCn3ccnc3)C(=O)c3cccc(S(C)(=O)=O)c3)sc2c1. The molecule has 0 fully saturated rings. The van der Waals surface area contributed by atoms with Gasteiger partial charge in [0.2, 0.25) is 0 Å². The molecule has 1 amide bonds. The van der Waals surface area contributed by atoms with Crippen LogP contribution in [0.1, 0.15) is 22.3 Å². The number of carbonyl (C=O) groups is 1. The predicted molar refractivity (Wildman–Crippen MR) is 122 cm³/mol. The number of nitrogens with zero attached hydrogens (tertiary/aromatic N) is 4. The summed E-state index contributed by atoms with van der Waals surface area (Å²) in [7, 11) is -3.42. The highest BCUT2D eigenvalue weighted by Gasteiger charge is 2.22. The monoisotopic (exact) mass is 454 g/mol. The van der Waals surface area contributed by atoms with Gasteiger partial charge in [-0.05, 0) is 49.2 Å². The Kier molecular flexibility index (Phi) is 5.88. The first kappa shape index (κ1) is 21.2. The maximum Gasteiger partial charge on any atom is 0.260 e. The van der Waals surface area contributed by atoms with Crippen molar-refractivity contribution < 1.29 is 13.2 Å². The highest BCUT2D eigenvalue weighted by atomic mass is 32.2. The maximum absolute atomic E-state index is 13.4. The minimum atomic E-state index is -3.42. The van der Waals surface area contributed by atoms with Crippen molar-refractivity contribution in [3.8, 4) is 0 Å². The summed E-state index contributed by atoms with van der Waals surface area (Å²) in [4.78, 5) is 23.9. The summed E-state index contributed by atoms with van der Waals surface area (Å²) in [5, 5.41) is 0.598. The van der Waals surface area contributed by atoms with Crippen molar-refractivity contribution in [1.82, 2.24) is 14.5 Å². The molecule has 0 aliphatic rings. The summed E-state index contributed by atoms with van der Waals surface area (Å²) in [6, 6.07) is 12.1. The second-order valence-corrected chi connectivity index (χ2v) is 10.4. The largest absolute Gasteiger partial charge is 0.337 e. The van der Waals surface area contributed by atoms with E-state index in [4.69, 9.17) is 0 Å². The lowest BCUT2D eigenvalue weighted by atomic mass is 10.2. The molecule has 0 aliphatic heterocycles. The minimum Gasteiger partial charge on any atom is -0.337 e. The third-order valence-electron chi connectivity index (χ3n) is 4.88. The molecule has 2 aromatic carbocycles. The van der Waals surface area contributed by atoms with Gasteiger partial charge in [-0.3, -0.25) is 9.69 Å². The number of amides is 1. The Morgan fingerprint density at radius 2 is 2.03 bits per heavy atom. The molecule has 9 heteroatoms. The molecule has 0 unspecified atom stereocenters. The average molecular weight is 455 g/mol. The van der Waals surface area contributed by atoms with Gasteiger partial charge in [-0.2, -0.15) is 0 Å². The van der Waals surface area contributed by atoms with Crippen molar-refractivity contribution in [3.63, 3.8) is 0 Å². The van der Waals surface area contributed by atoms with Crippen molar-refractivity contribution >= 4 is 42.4 Å². The first-order valence-electron chi connectivity index (χ1n) is 9.76. The summed E-state index contributed by atoms with van der Waals surface area (Å²) >= 11 is 1.46. The zero-order valence-electron chi connectivity index (χ0n) is 17.2. The van der Waals surface area contributed by atoms with E-state index in [1.807, 2.05) is 29.8 Å². The second kappa shape index (κ2) is 8.60. The smallest absolute Gasteiger partial charge is 0.260 e. The normalized spacial score (nSPS) is 11.7. The zero-order chi connectivity index (χ0) is 22.0. The fourth-order valence-electron chi connectivity index (χ4n) is 3.27. The number of thiazole rings is 1. The molecule has 4 rings (SSSR count). The Morgan fingerprint density at radius 3 is 2.77 bits per heavy atom. The lowest BCUT2D eigenvalue weighted by Gasteiger charge is -2.20. The molecule has 7 nitrogen and oxygen atoms in total. The van der Waals surface area contributed by atoms with Gasteiger partial charge in [-0.1, -0.05) is 23.5 Å². The minimum absolute atomic E-state index is 0.122. The molecular weight excluding hydrogens is 432 g/mol. The van der Waals surface area contributed by atoms with E-state index in [1.54, 1.807) is 29.6 Å². The van der Waals surface area contributed by atoms with Crippen LogP contribution < -0.4 is 4.90 Å². The van der Waals surface area contributed by atoms with E-state index < -0.39 is 9.84 Å². The van der Waals surface area contributed by atoms with Gasteiger partial charge in [-0.25, -0.2) is 18.4 Å². The molecule has 0 spiro atoms. The molecule has 2 heterocycles. The zero-order valence-corrected chi connectivity index (χ0v) is 18.9. The Bertz CT molecular complexity index is 1330. The number of aryl methyl sites for hydroxylation is 2. The van der Waals surface area contributed by atoms with Crippen molar-refractivity contribution in [3.05, 3.63) is 72.3 Å². The van der Waals surface area contributed by atoms with Gasteiger partial charge in [-0.15, -0.1) is 0 Å². The molecule has 31 heavy (non-hydrogen) atoms. The number of benzene rings is 2. The molecule has 4 aromatic rings. The van der Waals surface area contributed by atoms with E-state index in [0.717, 1.165) is 22.0 Å². The molecule has 0 saturated heterocycles. The number of hydrogen-bond donors (Lipinski definition) is 0. The van der Waals surface area contributed by atoms with Crippen molar-refractivity contribution in [2.75, 3.05) is 17.7 Å². The third kappa shape index (κ3) is 4.83. The van der Waals surface area contributed by atoms with Crippen molar-refractivity contribution in [1.29, 1.82) is 0 Å². The van der Waals surface area contributed by atoms with Crippen LogP contribution in [0, 0.1) is 6.92 Å². The van der Waals surface area contributed by atoms with E-state index >= 15 is 0 Å². The van der Waals surface area contributed by atoms with Gasteiger partial charge < -0.3 is 4.57 Å². The summed E-state index contributed by atoms with van der Waals surface area (Å²) < 4.78 is 26.9. The van der Waals surface area contributed by atoms with Crippen molar-refractivity contribution in [2.45, 2.75) is 24.8 Å². The first-order chi connectivity index (χ1) is 14.8. The molecule has 0 atom stereocenters. The van der Waals surface area contributed by atoms with Crippen LogP contribution in [-0.2, 0) is 16.4 Å². The quantitative estimate of drug-likeness (QED) is 0.422. The standard InChI is InChI=1S/C22H22N4O3S2/c1-16-7-8-19-20(13-16)30-22(24-19)26(11-4-10-25-12-9-23-15-25)21(27)17-5-3-6-18(14-17)31(2,28)29/h3,5-9,12-15H,4,10-11H2,1-2H3. The Hall–Kier alpha value is -3.04. The van der Waals surface area contributed by atoms with Crippen LogP contribution in [0.4, 0.5) is 5.13 Å². The van der Waals surface area contributed by atoms with Gasteiger partial charge in [0.1, 0.15) is 0 Å². The average Bonchev–Trinajstić information content (AvgIpc) is 3.39. The van der Waals surface area contributed by atoms with Gasteiger partial charge in [0.25, 0.3) is 5.91 Å². The molecule has 0 radical (unpaired) electrons. The summed E-state index contributed by atoms with van der Waals surface area (Å²) in [6.45, 7) is 3.17. The van der Waals surface area contributed by atoms with Crippen LogP contribution in [0.3, 0.4) is 0 Å². The second-order valence-electron chi connectivity index (χ2n) is 7.38. The number of imidazole rings is 1. The lowest BCUT2D eigenvalue weighted by molar-refractivity contribution is 0.0986. The van der Waals surface area contributed by atoms with E-state index in [1.165, 1.54) is 23.5 Å². The molecule has 0 N–H and O–H groups in total. The number of fused-ring (bicyclic) bond motifs is 1. The topological polar surface area (TPSA) is 85.2 Å². The molecular formula is C22H22N4O3S2. The third-order valence-corrected chi connectivity index (χ3v) is 7.03. The molecule has 160 valence electrons. The maximum atomic E-state index is 13.4. The fraction of sp³-hybridized carbons (Fsp3) is 0.227. The van der Waals surface area contributed by atoms with Gasteiger partial charge in [0, 0.05) is 37.3 Å². The summed E-state index contributed by atoms with van der Waals surface area (Å²) in [5.74, 6) is -0.271. The van der Waals surface area contributed by atoms with E-state index in [9.17, 15) is 13.2 Å². The van der Waals surface area contributed by atoms with Gasteiger partial charge >= 0.3 is 0 Å². The Labute approximate surface area is 184 Å². The van der Waals surface area contributed by atoms with Crippen LogP contribution in [0.15, 0.2) is 66.1 Å². The lowest BCUT2D eigenvalue weighted by Crippen LogP contribution is -2.32. The van der Waals surface area contributed by atoms with Crippen molar-refractivity contribution in [2.24, 2.45) is 0 Å². The van der Waals surface area contributed by atoms with Crippen LogP contribution >= 0.6 is 11.3 Å². The van der Waals surface area contributed by atoms with Gasteiger partial charge in [0.15, 0.2) is 15.0 Å². The number of sulfone groups is 1. The fourth-order valence-corrected chi connectivity index (χ4v) is 5.02. The number of rotatable bonds is 7. The molecule has 0 bridgehead atoms. The number of carbonyl (C=O) groups excluding carboxylic acids is 1. The van der Waals surface area contributed by atoms with Gasteiger partial charge in [0.05, 0.1) is 21.4 Å². The van der Waals surface area contributed by atoms with Crippen LogP contribution in [0.2, 0.25) is 0 Å². The Balaban J connectivity index is 1.67.